The van der Waals surface area contributed by atoms with Crippen molar-refractivity contribution in [3.8, 4) is 22.3 Å². The van der Waals surface area contributed by atoms with Crippen LogP contribution in [0.15, 0.2) is 73.1 Å². The van der Waals surface area contributed by atoms with Crippen LogP contribution in [0, 0.1) is 34.9 Å². The van der Waals surface area contributed by atoms with Crippen LogP contribution in [0.25, 0.3) is 44.3 Å². The highest BCUT2D eigenvalue weighted by Gasteiger charge is 2.41. The maximum atomic E-state index is 14.0. The van der Waals surface area contributed by atoms with Gasteiger partial charge in [-0.2, -0.15) is 52.7 Å². The quantitative estimate of drug-likeness (QED) is 0.0860. The van der Waals surface area contributed by atoms with Gasteiger partial charge in [-0.3, -0.25) is 0 Å². The summed E-state index contributed by atoms with van der Waals surface area (Å²) >= 11 is 0. The third-order valence-electron chi connectivity index (χ3n) is 14.1. The first-order valence-corrected chi connectivity index (χ1v) is 25.1. The van der Waals surface area contributed by atoms with E-state index in [0.29, 0.717) is 36.4 Å². The van der Waals surface area contributed by atoms with E-state index in [2.05, 4.69) is 29.9 Å². The number of benzene rings is 4. The third-order valence-corrected chi connectivity index (χ3v) is 14.1. The van der Waals surface area contributed by atoms with Crippen LogP contribution in [0.5, 0.6) is 0 Å². The molecule has 2 aliphatic heterocycles. The zero-order valence-electron chi connectivity index (χ0n) is 43.8. The van der Waals surface area contributed by atoms with E-state index in [1.54, 1.807) is 23.6 Å². The molecule has 84 heavy (non-hydrogen) atoms. The number of aromatic amines is 2. The lowest BCUT2D eigenvalue weighted by Crippen LogP contribution is -2.53. The zero-order valence-corrected chi connectivity index (χ0v) is 43.8. The summed E-state index contributed by atoms with van der Waals surface area (Å²) in [6.07, 6.45) is -19.2. The second kappa shape index (κ2) is 22.2. The van der Waals surface area contributed by atoms with Crippen LogP contribution >= 0.6 is 0 Å². The molecular weight excluding hydrogens is 1160 g/mol. The van der Waals surface area contributed by atoms with Gasteiger partial charge in [-0.1, -0.05) is 0 Å². The summed E-state index contributed by atoms with van der Waals surface area (Å²) in [5, 5.41) is 19.4. The van der Waals surface area contributed by atoms with Gasteiger partial charge in [-0.25, -0.2) is 46.3 Å². The Balaban J connectivity index is 0.000000202. The van der Waals surface area contributed by atoms with Crippen LogP contribution in [0.4, 0.5) is 103 Å². The molecule has 30 heteroatoms. The number of aliphatic hydroxyl groups is 2. The lowest BCUT2D eigenvalue weighted by atomic mass is 10.0. The molecule has 8 aromatic rings. The lowest BCUT2D eigenvalue weighted by molar-refractivity contribution is -0.138. The molecule has 0 bridgehead atoms. The molecule has 2 fully saturated rings. The van der Waals surface area contributed by atoms with Crippen molar-refractivity contribution in [3.63, 3.8) is 0 Å². The van der Waals surface area contributed by atoms with E-state index < -0.39 is 106 Å². The molecule has 448 valence electrons. The summed E-state index contributed by atoms with van der Waals surface area (Å²) in [6, 6.07) is 5.75. The van der Waals surface area contributed by atoms with Crippen molar-refractivity contribution < 1.29 is 89.2 Å². The van der Waals surface area contributed by atoms with E-state index in [1.165, 1.54) is 23.6 Å². The number of nitrogens with zero attached hydrogens (tertiary/aromatic N) is 8. The van der Waals surface area contributed by atoms with Crippen molar-refractivity contribution in [3.05, 3.63) is 141 Å². The molecule has 4 N–H and O–H groups in total. The van der Waals surface area contributed by atoms with Crippen LogP contribution < -0.4 is 19.6 Å². The van der Waals surface area contributed by atoms with E-state index in [0.717, 1.165) is 36.7 Å². The smallest absolute Gasteiger partial charge is 0.389 e. The fourth-order valence-electron chi connectivity index (χ4n) is 9.93. The van der Waals surface area contributed by atoms with Crippen molar-refractivity contribution >= 4 is 45.6 Å². The Kier molecular flexibility index (Phi) is 16.0. The molecule has 4 aromatic heterocycles. The number of aliphatic hydroxyl groups excluding tert-OH is 2. The first kappa shape index (κ1) is 60.6. The van der Waals surface area contributed by atoms with Gasteiger partial charge in [-0.05, 0) is 111 Å². The molecule has 4 aromatic carbocycles. The highest BCUT2D eigenvalue weighted by molar-refractivity contribution is 5.95. The Morgan fingerprint density at radius 2 is 0.810 bits per heavy atom. The maximum absolute atomic E-state index is 14.0. The van der Waals surface area contributed by atoms with Gasteiger partial charge in [0.2, 0.25) is 11.9 Å². The molecule has 0 saturated carbocycles. The number of anilines is 4. The summed E-state index contributed by atoms with van der Waals surface area (Å²) in [5.74, 6) is -10.4. The van der Waals surface area contributed by atoms with Gasteiger partial charge in [0.15, 0.2) is 34.9 Å². The number of imidazole rings is 2. The van der Waals surface area contributed by atoms with E-state index in [1.807, 2.05) is 0 Å². The molecule has 0 amide bonds. The number of piperazine rings is 2. The Bertz CT molecular complexity index is 3490. The molecule has 10 rings (SSSR count). The summed E-state index contributed by atoms with van der Waals surface area (Å²) in [7, 11) is 0. The normalized spacial score (nSPS) is 17.3. The second-order valence-corrected chi connectivity index (χ2v) is 20.1. The Morgan fingerprint density at radius 1 is 0.476 bits per heavy atom. The van der Waals surface area contributed by atoms with Crippen LogP contribution in [-0.4, -0.2) is 91.5 Å². The Morgan fingerprint density at radius 3 is 1.10 bits per heavy atom. The molecular formula is C54H44F18N10O2. The van der Waals surface area contributed by atoms with Gasteiger partial charge in [0.1, 0.15) is 11.6 Å². The number of nitrogens with one attached hydrogen (secondary N) is 2. The van der Waals surface area contributed by atoms with Crippen LogP contribution in [0.3, 0.4) is 0 Å². The molecule has 12 nitrogen and oxygen atoms in total. The number of alkyl halides is 12. The molecule has 0 radical (unpaired) electrons. The van der Waals surface area contributed by atoms with Gasteiger partial charge in [0.25, 0.3) is 0 Å². The van der Waals surface area contributed by atoms with Gasteiger partial charge in [0, 0.05) is 74.9 Å². The number of hydrogen-bond acceptors (Lipinski definition) is 10. The van der Waals surface area contributed by atoms with Crippen LogP contribution in [0.2, 0.25) is 0 Å². The topological polar surface area (TPSA) is 137 Å². The Labute approximate surface area is 463 Å². The highest BCUT2D eigenvalue weighted by atomic mass is 19.4. The predicted molar refractivity (Wildman–Crippen MR) is 271 cm³/mol. The molecule has 2 saturated heterocycles. The number of aromatic nitrogens is 6. The Hall–Kier alpha value is -8.02. The SMILES string of the molecule is C[C@@H]1CN(c2ncc([C@@H](C)O)cc2C(F)(F)F)CCN1c1nc2c(-c3cc(F)c(F)c(F)c3)cc(C(F)(F)F)cc2[nH]1.C[C@H](O)c1cnc(N2CCN(c3nc4c(-c5cc(F)c(F)c(F)c5)cc(C(F)(F)F)cc4[nH]3)[C@H](C)C2)c(C(F)(F)F)c1. The van der Waals surface area contributed by atoms with Crippen molar-refractivity contribution in [2.75, 3.05) is 58.9 Å². The summed E-state index contributed by atoms with van der Waals surface area (Å²) < 4.78 is 248. The standard InChI is InChI=1S/2C27H22F9N5O/c2*1-12-11-40(24-18(27(34,35)36)5-15(10-37-24)13(2)42)3-4-41(12)25-38-21-9-16(26(31,32)33)8-17(23(21)39-25)14-6-19(28)22(30)20(29)7-14/h2*5-10,12-13,42H,3-4,11H2,1-2H3,(H,38,39)/t12-,13+;12-,13-/m11/s1. The lowest BCUT2D eigenvalue weighted by Gasteiger charge is -2.41. The van der Waals surface area contributed by atoms with E-state index in [-0.39, 0.29) is 118 Å². The summed E-state index contributed by atoms with van der Waals surface area (Å²) in [6.45, 7) is 6.24. The number of pyridine rings is 2. The van der Waals surface area contributed by atoms with E-state index in [4.69, 9.17) is 0 Å². The minimum Gasteiger partial charge on any atom is -0.389 e. The predicted octanol–water partition coefficient (Wildman–Crippen LogP) is 13.7. The molecule has 0 aliphatic carbocycles. The number of H-pyrrole nitrogens is 2. The largest absolute Gasteiger partial charge is 0.419 e. The minimum absolute atomic E-state index is 0.00465. The summed E-state index contributed by atoms with van der Waals surface area (Å²) in [4.78, 5) is 28.3. The van der Waals surface area contributed by atoms with Crippen molar-refractivity contribution in [2.45, 2.75) is 76.7 Å². The van der Waals surface area contributed by atoms with Crippen LogP contribution in [0.1, 0.15) is 73.3 Å². The van der Waals surface area contributed by atoms with Gasteiger partial charge >= 0.3 is 24.7 Å². The van der Waals surface area contributed by atoms with Crippen LogP contribution in [-0.2, 0) is 24.7 Å². The first-order valence-electron chi connectivity index (χ1n) is 25.1. The molecule has 4 atom stereocenters. The fraction of sp³-hybridized carbons (Fsp3) is 0.333. The molecule has 6 heterocycles. The fourth-order valence-corrected chi connectivity index (χ4v) is 9.93. The zero-order chi connectivity index (χ0) is 61.4. The second-order valence-electron chi connectivity index (χ2n) is 20.1. The van der Waals surface area contributed by atoms with Crippen molar-refractivity contribution in [1.29, 1.82) is 0 Å². The molecule has 2 aliphatic rings. The summed E-state index contributed by atoms with van der Waals surface area (Å²) in [5.41, 5.74) is -6.08. The monoisotopic (exact) mass is 1210 g/mol. The maximum Gasteiger partial charge on any atom is 0.419 e. The first-order chi connectivity index (χ1) is 39.1. The van der Waals surface area contributed by atoms with Crippen molar-refractivity contribution in [1.82, 2.24) is 29.9 Å². The van der Waals surface area contributed by atoms with Gasteiger partial charge in [0.05, 0.1) is 56.5 Å². The van der Waals surface area contributed by atoms with Crippen molar-refractivity contribution in [2.24, 2.45) is 0 Å². The number of fused-ring (bicyclic) bond motifs is 2. The molecule has 0 unspecified atom stereocenters. The number of halogens is 18. The van der Waals surface area contributed by atoms with Gasteiger partial charge < -0.3 is 39.8 Å². The third kappa shape index (κ3) is 12.2. The van der Waals surface area contributed by atoms with Gasteiger partial charge in [-0.15, -0.1) is 0 Å². The average Bonchev–Trinajstić information content (AvgIpc) is 2.05. The number of rotatable bonds is 8. The molecule has 0 spiro atoms. The van der Waals surface area contributed by atoms with E-state index >= 15 is 0 Å². The minimum atomic E-state index is -4.84. The highest BCUT2D eigenvalue weighted by Crippen LogP contribution is 2.43. The number of hydrogen-bond donors (Lipinski definition) is 4. The average molecular weight is 1210 g/mol. The van der Waals surface area contributed by atoms with E-state index in [9.17, 15) is 89.2 Å².